The van der Waals surface area contributed by atoms with Gasteiger partial charge in [-0.15, -0.1) is 0 Å². The van der Waals surface area contributed by atoms with Crippen molar-refractivity contribution in [2.45, 2.75) is 6.18 Å². The van der Waals surface area contributed by atoms with Crippen molar-refractivity contribution in [2.24, 2.45) is 0 Å². The molecule has 0 bridgehead atoms. The Morgan fingerprint density at radius 2 is 1.32 bits per heavy atom. The minimum atomic E-state index is -4.86. The molecule has 0 atom stereocenters. The highest BCUT2D eigenvalue weighted by Gasteiger charge is 2.37. The molecule has 118 valence electrons. The Kier molecular flexibility index (Phi) is 4.95. The fourth-order valence-corrected chi connectivity index (χ4v) is 3.05. The number of pyridine rings is 1. The molecular formula is C12H3Cl5F3NO. The molecule has 0 radical (unpaired) electrons. The van der Waals surface area contributed by atoms with Crippen molar-refractivity contribution in [2.75, 3.05) is 0 Å². The van der Waals surface area contributed by atoms with Crippen LogP contribution in [0.25, 0.3) is 11.1 Å². The second-order valence-corrected chi connectivity index (χ2v) is 5.89. The highest BCUT2D eigenvalue weighted by molar-refractivity contribution is 6.56. The van der Waals surface area contributed by atoms with Crippen molar-refractivity contribution in [1.29, 1.82) is 0 Å². The molecular weight excluding hydrogens is 408 g/mol. The first-order valence-electron chi connectivity index (χ1n) is 5.34. The molecule has 0 amide bonds. The van der Waals surface area contributed by atoms with Crippen molar-refractivity contribution in [3.8, 4) is 16.9 Å². The molecule has 0 unspecified atom stereocenters. The molecule has 0 fully saturated rings. The fraction of sp³-hybridized carbons (Fsp3) is 0.0833. The van der Waals surface area contributed by atoms with Gasteiger partial charge in [0.15, 0.2) is 11.4 Å². The van der Waals surface area contributed by atoms with Crippen molar-refractivity contribution < 1.29 is 18.3 Å². The molecule has 22 heavy (non-hydrogen) atoms. The van der Waals surface area contributed by atoms with Crippen molar-refractivity contribution in [3.05, 3.63) is 43.1 Å². The van der Waals surface area contributed by atoms with Crippen LogP contribution >= 0.6 is 58.0 Å². The Morgan fingerprint density at radius 1 is 0.864 bits per heavy atom. The first kappa shape index (κ1) is 17.8. The summed E-state index contributed by atoms with van der Waals surface area (Å²) in [6.07, 6.45) is -4.01. The third-order valence-electron chi connectivity index (χ3n) is 2.67. The molecule has 2 aromatic rings. The molecule has 1 aromatic heterocycles. The lowest BCUT2D eigenvalue weighted by atomic mass is 10.0. The molecule has 10 heteroatoms. The number of aromatic hydroxyl groups is 1. The van der Waals surface area contributed by atoms with Gasteiger partial charge in [-0.05, 0) is 6.07 Å². The average molecular weight is 411 g/mol. The van der Waals surface area contributed by atoms with Crippen molar-refractivity contribution in [3.63, 3.8) is 0 Å². The van der Waals surface area contributed by atoms with Crippen LogP contribution in [0.15, 0.2) is 12.3 Å². The highest BCUT2D eigenvalue weighted by atomic mass is 35.5. The predicted molar refractivity (Wildman–Crippen MR) is 81.4 cm³/mol. The maximum absolute atomic E-state index is 12.8. The minimum absolute atomic E-state index is 0.147. The van der Waals surface area contributed by atoms with Gasteiger partial charge in [-0.1, -0.05) is 58.0 Å². The third kappa shape index (κ3) is 2.93. The molecule has 0 saturated heterocycles. The van der Waals surface area contributed by atoms with Crippen LogP contribution in [0.3, 0.4) is 0 Å². The number of rotatable bonds is 1. The number of hydrogen-bond donors (Lipinski definition) is 1. The summed E-state index contributed by atoms with van der Waals surface area (Å²) in [7, 11) is 0. The molecule has 0 aliphatic heterocycles. The summed E-state index contributed by atoms with van der Waals surface area (Å²) in [5, 5.41) is 8.84. The number of benzene rings is 1. The lowest BCUT2D eigenvalue weighted by Crippen LogP contribution is -2.08. The van der Waals surface area contributed by atoms with E-state index in [1.165, 1.54) is 0 Å². The quantitative estimate of drug-likeness (QED) is 0.416. The second kappa shape index (κ2) is 6.13. The number of aromatic nitrogens is 1. The topological polar surface area (TPSA) is 33.1 Å². The van der Waals surface area contributed by atoms with Crippen LogP contribution in [0.1, 0.15) is 5.69 Å². The smallest absolute Gasteiger partial charge is 0.437 e. The van der Waals surface area contributed by atoms with E-state index >= 15 is 0 Å². The van der Waals surface area contributed by atoms with Crippen LogP contribution in [0.4, 0.5) is 13.2 Å². The molecule has 1 aromatic carbocycles. The van der Waals surface area contributed by atoms with Crippen LogP contribution in [0.2, 0.25) is 25.1 Å². The van der Waals surface area contributed by atoms with Gasteiger partial charge in [0.25, 0.3) is 0 Å². The molecule has 1 heterocycles. The summed E-state index contributed by atoms with van der Waals surface area (Å²) in [4.78, 5) is 3.10. The first-order valence-corrected chi connectivity index (χ1v) is 7.23. The fourth-order valence-electron chi connectivity index (χ4n) is 1.70. The first-order chi connectivity index (χ1) is 10.1. The molecule has 0 saturated carbocycles. The van der Waals surface area contributed by atoms with Gasteiger partial charge < -0.3 is 5.11 Å². The van der Waals surface area contributed by atoms with E-state index in [2.05, 4.69) is 4.98 Å². The number of nitrogens with zero attached hydrogens (tertiary/aromatic N) is 1. The average Bonchev–Trinajstić information content (AvgIpc) is 2.43. The standard InChI is InChI=1S/C12H3Cl5F3NO/c13-5-4(6(14)8(16)9(17)7(5)15)3-1-2-21-11(10(3)22)12(18,19)20/h1-2,22H. The van der Waals surface area contributed by atoms with E-state index < -0.39 is 17.6 Å². The van der Waals surface area contributed by atoms with Crippen LogP contribution in [-0.2, 0) is 6.18 Å². The zero-order chi connectivity index (χ0) is 16.8. The summed E-state index contributed by atoms with van der Waals surface area (Å²) in [5.74, 6) is -1.15. The number of hydrogen-bond acceptors (Lipinski definition) is 2. The van der Waals surface area contributed by atoms with Gasteiger partial charge >= 0.3 is 6.18 Å². The van der Waals surface area contributed by atoms with Crippen molar-refractivity contribution in [1.82, 2.24) is 4.98 Å². The van der Waals surface area contributed by atoms with E-state index in [0.29, 0.717) is 0 Å². The molecule has 0 spiro atoms. The monoisotopic (exact) mass is 409 g/mol. The zero-order valence-electron chi connectivity index (χ0n) is 10.1. The molecule has 1 N–H and O–H groups in total. The summed E-state index contributed by atoms with van der Waals surface area (Å²) in [6.45, 7) is 0. The van der Waals surface area contributed by atoms with E-state index in [1.807, 2.05) is 0 Å². The van der Waals surface area contributed by atoms with Crippen LogP contribution in [-0.4, -0.2) is 10.1 Å². The van der Waals surface area contributed by atoms with Gasteiger partial charge in [-0.2, -0.15) is 13.2 Å². The van der Waals surface area contributed by atoms with Gasteiger partial charge in [-0.3, -0.25) is 0 Å². The predicted octanol–water partition coefficient (Wildman–Crippen LogP) is 6.74. The SMILES string of the molecule is Oc1c(-c2c(Cl)c(Cl)c(Cl)c(Cl)c2Cl)ccnc1C(F)(F)F. The maximum atomic E-state index is 12.8. The number of halogens is 8. The highest BCUT2D eigenvalue weighted by Crippen LogP contribution is 2.51. The van der Waals surface area contributed by atoms with Crippen molar-refractivity contribution >= 4 is 58.0 Å². The van der Waals surface area contributed by atoms with Gasteiger partial charge in [-0.25, -0.2) is 4.98 Å². The van der Waals surface area contributed by atoms with Crippen LogP contribution < -0.4 is 0 Å². The Hall–Kier alpha value is -0.590. The molecule has 2 nitrogen and oxygen atoms in total. The Balaban J connectivity index is 2.85. The summed E-state index contributed by atoms with van der Waals surface area (Å²) >= 11 is 29.5. The lowest BCUT2D eigenvalue weighted by Gasteiger charge is -2.15. The van der Waals surface area contributed by atoms with Gasteiger partial charge in [0, 0.05) is 17.3 Å². The van der Waals surface area contributed by atoms with Gasteiger partial charge in [0.2, 0.25) is 0 Å². The molecule has 0 aliphatic rings. The normalized spacial score (nSPS) is 11.8. The molecule has 2 rings (SSSR count). The van der Waals surface area contributed by atoms with E-state index in [-0.39, 0.29) is 36.2 Å². The van der Waals surface area contributed by atoms with E-state index in [4.69, 9.17) is 58.0 Å². The lowest BCUT2D eigenvalue weighted by molar-refractivity contribution is -0.142. The largest absolute Gasteiger partial charge is 0.505 e. The second-order valence-electron chi connectivity index (χ2n) is 4.00. The zero-order valence-corrected chi connectivity index (χ0v) is 13.9. The number of alkyl halides is 3. The third-order valence-corrected chi connectivity index (χ3v) is 4.95. The molecule has 0 aliphatic carbocycles. The van der Waals surface area contributed by atoms with Gasteiger partial charge in [0.05, 0.1) is 25.1 Å². The van der Waals surface area contributed by atoms with E-state index in [1.54, 1.807) is 0 Å². The Bertz CT molecular complexity index is 734. The summed E-state index contributed by atoms with van der Waals surface area (Å²) < 4.78 is 38.4. The minimum Gasteiger partial charge on any atom is -0.505 e. The Morgan fingerprint density at radius 3 is 1.77 bits per heavy atom. The van der Waals surface area contributed by atoms with Gasteiger partial charge in [0.1, 0.15) is 0 Å². The van der Waals surface area contributed by atoms with E-state index in [0.717, 1.165) is 12.3 Å². The van der Waals surface area contributed by atoms with Crippen LogP contribution in [0.5, 0.6) is 5.75 Å². The maximum Gasteiger partial charge on any atom is 0.437 e. The summed E-state index contributed by atoms with van der Waals surface area (Å²) in [5.41, 5.74) is -1.98. The Labute approximate surface area is 147 Å². The van der Waals surface area contributed by atoms with Crippen LogP contribution in [0, 0.1) is 0 Å². The summed E-state index contributed by atoms with van der Waals surface area (Å²) in [6, 6.07) is 1.10. The van der Waals surface area contributed by atoms with E-state index in [9.17, 15) is 18.3 Å².